The molecule has 1 heterocycles. The minimum Gasteiger partial charge on any atom is -0.496 e. The van der Waals surface area contributed by atoms with Crippen LogP contribution in [0.2, 0.25) is 0 Å². The van der Waals surface area contributed by atoms with E-state index >= 15 is 0 Å². The Balaban J connectivity index is 1.88. The van der Waals surface area contributed by atoms with E-state index in [1.165, 1.54) is 21.6 Å². The normalized spacial score (nSPS) is 18.7. The minimum absolute atomic E-state index is 0.0267. The number of aryl methyl sites for hydroxylation is 1. The van der Waals surface area contributed by atoms with Crippen LogP contribution in [0.4, 0.5) is 4.79 Å². The van der Waals surface area contributed by atoms with E-state index in [-0.39, 0.29) is 35.9 Å². The maximum atomic E-state index is 12.2. The molecule has 0 aromatic heterocycles. The van der Waals surface area contributed by atoms with E-state index in [2.05, 4.69) is 52.1 Å². The first-order valence-corrected chi connectivity index (χ1v) is 11.5. The van der Waals surface area contributed by atoms with Crippen LogP contribution >= 0.6 is 0 Å². The number of benzene rings is 2. The predicted octanol–water partition coefficient (Wildman–Crippen LogP) is 5.08. The molecule has 3 amide bonds. The number of fused-ring (bicyclic) bond motifs is 1. The monoisotopic (exact) mass is 450 g/mol. The number of amides is 3. The molecule has 176 valence electrons. The van der Waals surface area contributed by atoms with Gasteiger partial charge in [-0.25, -0.2) is 4.79 Å². The van der Waals surface area contributed by atoms with Crippen molar-refractivity contribution in [2.75, 3.05) is 20.8 Å². The second kappa shape index (κ2) is 8.08. The lowest BCUT2D eigenvalue weighted by Crippen LogP contribution is -2.34. The fourth-order valence-electron chi connectivity index (χ4n) is 5.10. The molecule has 1 saturated heterocycles. The number of urea groups is 1. The van der Waals surface area contributed by atoms with E-state index in [4.69, 9.17) is 9.47 Å². The highest BCUT2D eigenvalue weighted by molar-refractivity contribution is 6.02. The molecular formula is C27H34N2O4. The van der Waals surface area contributed by atoms with Crippen LogP contribution in [0.5, 0.6) is 11.5 Å². The summed E-state index contributed by atoms with van der Waals surface area (Å²) in [6, 6.07) is 8.09. The van der Waals surface area contributed by atoms with Gasteiger partial charge in [-0.2, -0.15) is 0 Å². The first kappa shape index (κ1) is 23.1. The van der Waals surface area contributed by atoms with Crippen molar-refractivity contribution < 1.29 is 19.1 Å². The summed E-state index contributed by atoms with van der Waals surface area (Å²) in [5, 5.41) is 2.58. The van der Waals surface area contributed by atoms with E-state index in [0.717, 1.165) is 29.5 Å². The van der Waals surface area contributed by atoms with Crippen molar-refractivity contribution >= 4 is 11.9 Å². The van der Waals surface area contributed by atoms with E-state index < -0.39 is 0 Å². The number of hydrogen-bond donors (Lipinski definition) is 1. The predicted molar refractivity (Wildman–Crippen MR) is 129 cm³/mol. The largest absolute Gasteiger partial charge is 0.496 e. The molecule has 0 unspecified atom stereocenters. The lowest BCUT2D eigenvalue weighted by Gasteiger charge is -2.42. The van der Waals surface area contributed by atoms with Gasteiger partial charge in [0.15, 0.2) is 0 Å². The van der Waals surface area contributed by atoms with Crippen molar-refractivity contribution in [2.45, 2.75) is 64.8 Å². The summed E-state index contributed by atoms with van der Waals surface area (Å²) in [6.45, 7) is 11.6. The van der Waals surface area contributed by atoms with Crippen LogP contribution in [0.15, 0.2) is 24.3 Å². The maximum Gasteiger partial charge on any atom is 0.324 e. The minimum atomic E-state index is -0.381. The molecule has 6 nitrogen and oxygen atoms in total. The van der Waals surface area contributed by atoms with Crippen molar-refractivity contribution in [2.24, 2.45) is 0 Å². The smallest absolute Gasteiger partial charge is 0.324 e. The SMILES string of the molecule is COc1cc(OC)c(-c2cc3c(cc2C)C(C)(C)CCC3(C)C)cc1CN1C(=O)CNC1=O. The third-order valence-corrected chi connectivity index (χ3v) is 7.36. The van der Waals surface area contributed by atoms with Crippen LogP contribution in [0.25, 0.3) is 11.1 Å². The van der Waals surface area contributed by atoms with Crippen molar-refractivity contribution in [3.05, 3.63) is 46.5 Å². The molecule has 0 saturated carbocycles. The zero-order valence-corrected chi connectivity index (χ0v) is 20.7. The molecule has 1 fully saturated rings. The highest BCUT2D eigenvalue weighted by atomic mass is 16.5. The molecule has 1 aliphatic heterocycles. The van der Waals surface area contributed by atoms with Crippen LogP contribution in [0.1, 0.15) is 62.8 Å². The zero-order valence-electron chi connectivity index (χ0n) is 20.7. The molecule has 2 aliphatic rings. The average molecular weight is 451 g/mol. The number of hydrogen-bond acceptors (Lipinski definition) is 4. The van der Waals surface area contributed by atoms with Crippen LogP contribution in [-0.4, -0.2) is 37.6 Å². The van der Waals surface area contributed by atoms with Gasteiger partial charge in [-0.3, -0.25) is 9.69 Å². The molecule has 0 bridgehead atoms. The van der Waals surface area contributed by atoms with E-state index in [0.29, 0.717) is 11.5 Å². The van der Waals surface area contributed by atoms with E-state index in [1.54, 1.807) is 14.2 Å². The Bertz CT molecular complexity index is 1120. The Morgan fingerprint density at radius 1 is 0.879 bits per heavy atom. The number of methoxy groups -OCH3 is 2. The fourth-order valence-corrected chi connectivity index (χ4v) is 5.10. The maximum absolute atomic E-state index is 12.2. The Labute approximate surface area is 196 Å². The van der Waals surface area contributed by atoms with Gasteiger partial charge in [-0.15, -0.1) is 0 Å². The first-order valence-electron chi connectivity index (χ1n) is 11.5. The summed E-state index contributed by atoms with van der Waals surface area (Å²) in [6.07, 6.45) is 2.29. The average Bonchev–Trinajstić information content (AvgIpc) is 3.08. The van der Waals surface area contributed by atoms with Crippen molar-refractivity contribution in [3.63, 3.8) is 0 Å². The molecule has 0 atom stereocenters. The van der Waals surface area contributed by atoms with Gasteiger partial charge in [0, 0.05) is 17.2 Å². The summed E-state index contributed by atoms with van der Waals surface area (Å²) < 4.78 is 11.4. The molecule has 0 spiro atoms. The summed E-state index contributed by atoms with van der Waals surface area (Å²) in [4.78, 5) is 25.6. The van der Waals surface area contributed by atoms with Crippen LogP contribution < -0.4 is 14.8 Å². The third kappa shape index (κ3) is 3.96. The lowest BCUT2D eigenvalue weighted by molar-refractivity contribution is -0.125. The van der Waals surface area contributed by atoms with Crippen molar-refractivity contribution in [1.82, 2.24) is 10.2 Å². The zero-order chi connectivity index (χ0) is 24.1. The molecule has 2 aromatic rings. The number of rotatable bonds is 5. The van der Waals surface area contributed by atoms with Gasteiger partial charge in [0.2, 0.25) is 5.91 Å². The molecule has 0 radical (unpaired) electrons. The van der Waals surface area contributed by atoms with Crippen molar-refractivity contribution in [1.29, 1.82) is 0 Å². The first-order chi connectivity index (χ1) is 15.5. The van der Waals surface area contributed by atoms with E-state index in [1.807, 2.05) is 12.1 Å². The number of imide groups is 1. The van der Waals surface area contributed by atoms with Gasteiger partial charge in [0.05, 0.1) is 27.3 Å². The Morgan fingerprint density at radius 2 is 1.48 bits per heavy atom. The van der Waals surface area contributed by atoms with E-state index in [9.17, 15) is 9.59 Å². The van der Waals surface area contributed by atoms with Gasteiger partial charge in [-0.05, 0) is 65.0 Å². The van der Waals surface area contributed by atoms with Gasteiger partial charge >= 0.3 is 6.03 Å². The Hall–Kier alpha value is -3.02. The van der Waals surface area contributed by atoms with Gasteiger partial charge in [-0.1, -0.05) is 33.8 Å². The number of nitrogens with one attached hydrogen (secondary N) is 1. The quantitative estimate of drug-likeness (QED) is 0.645. The Morgan fingerprint density at radius 3 is 2.03 bits per heavy atom. The molecule has 6 heteroatoms. The number of nitrogens with zero attached hydrogens (tertiary/aromatic N) is 1. The highest BCUT2D eigenvalue weighted by Crippen LogP contribution is 2.49. The second-order valence-electron chi connectivity index (χ2n) is 10.5. The summed E-state index contributed by atoms with van der Waals surface area (Å²) in [5.74, 6) is 1.04. The topological polar surface area (TPSA) is 67.9 Å². The molecule has 1 N–H and O–H groups in total. The van der Waals surface area contributed by atoms with Gasteiger partial charge in [0.25, 0.3) is 0 Å². The van der Waals surface area contributed by atoms with Gasteiger partial charge in [0.1, 0.15) is 11.5 Å². The second-order valence-corrected chi connectivity index (χ2v) is 10.5. The van der Waals surface area contributed by atoms with Crippen LogP contribution in [-0.2, 0) is 22.2 Å². The Kier molecular flexibility index (Phi) is 5.67. The molecule has 33 heavy (non-hydrogen) atoms. The molecule has 1 aliphatic carbocycles. The molecular weight excluding hydrogens is 416 g/mol. The third-order valence-electron chi connectivity index (χ3n) is 7.36. The summed E-state index contributed by atoms with van der Waals surface area (Å²) >= 11 is 0. The van der Waals surface area contributed by atoms with Crippen LogP contribution in [0.3, 0.4) is 0 Å². The van der Waals surface area contributed by atoms with Gasteiger partial charge < -0.3 is 14.8 Å². The standard InChI is InChI=1S/C27H34N2O4/c1-16-10-20-21(27(4,5)9-8-26(20,2)3)12-18(16)19-11-17(22(32-6)13-23(19)33-7)15-29-24(30)14-28-25(29)31/h10-13H,8-9,14-15H2,1-7H3,(H,28,31). The molecule has 4 rings (SSSR count). The van der Waals surface area contributed by atoms with Crippen molar-refractivity contribution in [3.8, 4) is 22.6 Å². The highest BCUT2D eigenvalue weighted by Gasteiger charge is 2.38. The summed E-state index contributed by atoms with van der Waals surface area (Å²) in [5.41, 5.74) is 6.94. The van der Waals surface area contributed by atoms with Crippen LogP contribution in [0, 0.1) is 6.92 Å². The molecule has 2 aromatic carbocycles. The number of ether oxygens (including phenoxy) is 2. The number of carbonyl (C=O) groups is 2. The number of carbonyl (C=O) groups excluding carboxylic acids is 2. The lowest BCUT2D eigenvalue weighted by atomic mass is 9.62. The summed E-state index contributed by atoms with van der Waals surface area (Å²) in [7, 11) is 3.23. The fraction of sp³-hybridized carbons (Fsp3) is 0.481.